The smallest absolute Gasteiger partial charge is 0.224 e. The van der Waals surface area contributed by atoms with Crippen LogP contribution in [0.3, 0.4) is 0 Å². The summed E-state index contributed by atoms with van der Waals surface area (Å²) >= 11 is 0. The van der Waals surface area contributed by atoms with Crippen LogP contribution in [0.15, 0.2) is 36.7 Å². The number of halogens is 1. The summed E-state index contributed by atoms with van der Waals surface area (Å²) in [5.41, 5.74) is 2.55. The van der Waals surface area contributed by atoms with Gasteiger partial charge in [0.25, 0.3) is 0 Å². The van der Waals surface area contributed by atoms with Crippen LogP contribution >= 0.6 is 0 Å². The first-order chi connectivity index (χ1) is 13.0. The van der Waals surface area contributed by atoms with Crippen LogP contribution in [0.2, 0.25) is 0 Å². The van der Waals surface area contributed by atoms with Gasteiger partial charge in [-0.05, 0) is 54.5 Å². The maximum Gasteiger partial charge on any atom is 0.224 e. The van der Waals surface area contributed by atoms with Crippen LogP contribution in [0.25, 0.3) is 16.7 Å². The number of nitrogens with one attached hydrogen (secondary N) is 1. The van der Waals surface area contributed by atoms with Gasteiger partial charge in [-0.2, -0.15) is 0 Å². The van der Waals surface area contributed by atoms with Crippen LogP contribution < -0.4 is 5.32 Å². The van der Waals surface area contributed by atoms with Gasteiger partial charge in [0.05, 0.1) is 0 Å². The van der Waals surface area contributed by atoms with Gasteiger partial charge >= 0.3 is 0 Å². The van der Waals surface area contributed by atoms with Gasteiger partial charge in [-0.3, -0.25) is 4.79 Å². The van der Waals surface area contributed by atoms with E-state index in [1.165, 1.54) is 17.2 Å². The van der Waals surface area contributed by atoms with Crippen molar-refractivity contribution in [3.05, 3.63) is 48.0 Å². The Kier molecular flexibility index (Phi) is 4.64. The normalized spacial score (nSPS) is 14.5. The number of anilines is 1. The molecule has 1 aromatic carbocycles. The number of fused-ring (bicyclic) bond motifs is 1. The molecule has 1 aliphatic rings. The summed E-state index contributed by atoms with van der Waals surface area (Å²) in [6, 6.07) is 6.57. The third-order valence-electron chi connectivity index (χ3n) is 5.22. The Labute approximate surface area is 157 Å². The molecule has 1 aliphatic carbocycles. The fraction of sp³-hybridized carbons (Fsp3) is 0.381. The highest BCUT2D eigenvalue weighted by molar-refractivity contribution is 5.91. The Hall–Kier alpha value is -2.76. The molecule has 4 rings (SSSR count). The molecular formula is C21H23FN4O. The first-order valence-electron chi connectivity index (χ1n) is 9.44. The molecule has 0 unspecified atom stereocenters. The van der Waals surface area contributed by atoms with Crippen LogP contribution in [-0.4, -0.2) is 20.7 Å². The molecule has 3 aromatic rings. The molecular weight excluding hydrogens is 343 g/mol. The fourth-order valence-corrected chi connectivity index (χ4v) is 3.31. The Morgan fingerprint density at radius 1 is 1.33 bits per heavy atom. The molecule has 1 N–H and O–H groups in total. The average molecular weight is 366 g/mol. The summed E-state index contributed by atoms with van der Waals surface area (Å²) in [4.78, 5) is 16.5. The van der Waals surface area contributed by atoms with Crippen molar-refractivity contribution in [2.75, 3.05) is 5.32 Å². The van der Waals surface area contributed by atoms with Gasteiger partial charge in [-0.15, -0.1) is 5.10 Å². The maximum atomic E-state index is 14.4. The number of rotatable bonds is 5. The molecule has 2 aromatic heterocycles. The predicted molar refractivity (Wildman–Crippen MR) is 103 cm³/mol. The lowest BCUT2D eigenvalue weighted by Gasteiger charge is -2.24. The number of hydrogen-bond acceptors (Lipinski definition) is 3. The molecule has 27 heavy (non-hydrogen) atoms. The van der Waals surface area contributed by atoms with E-state index in [-0.39, 0.29) is 5.91 Å². The first-order valence-corrected chi connectivity index (χ1v) is 9.44. The van der Waals surface area contributed by atoms with Crippen molar-refractivity contribution in [2.24, 2.45) is 5.92 Å². The van der Waals surface area contributed by atoms with E-state index < -0.39 is 5.82 Å². The number of benzene rings is 1. The zero-order valence-corrected chi connectivity index (χ0v) is 15.6. The van der Waals surface area contributed by atoms with Crippen molar-refractivity contribution in [1.82, 2.24) is 14.8 Å². The van der Waals surface area contributed by atoms with Crippen molar-refractivity contribution in [1.29, 1.82) is 0 Å². The molecule has 6 heteroatoms. The Morgan fingerprint density at radius 2 is 2.15 bits per heavy atom. The van der Waals surface area contributed by atoms with E-state index in [0.717, 1.165) is 23.8 Å². The van der Waals surface area contributed by atoms with Gasteiger partial charge in [-0.25, -0.2) is 14.1 Å². The lowest BCUT2D eigenvalue weighted by atomic mass is 9.83. The third-order valence-corrected chi connectivity index (χ3v) is 5.22. The highest BCUT2D eigenvalue weighted by Gasteiger charge is 2.21. The first kappa shape index (κ1) is 17.6. The Bertz CT molecular complexity index is 991. The second-order valence-electron chi connectivity index (χ2n) is 7.63. The molecule has 5 nitrogen and oxygen atoms in total. The quantitative estimate of drug-likeness (QED) is 0.705. The van der Waals surface area contributed by atoms with Crippen molar-refractivity contribution in [3.63, 3.8) is 0 Å². The molecule has 140 valence electrons. The lowest BCUT2D eigenvalue weighted by molar-refractivity contribution is -0.117. The van der Waals surface area contributed by atoms with E-state index in [2.05, 4.69) is 29.2 Å². The summed E-state index contributed by atoms with van der Waals surface area (Å²) < 4.78 is 15.9. The number of carbonyl (C=O) groups is 1. The van der Waals surface area contributed by atoms with Crippen molar-refractivity contribution >= 4 is 22.6 Å². The van der Waals surface area contributed by atoms with E-state index in [1.807, 2.05) is 6.07 Å². The van der Waals surface area contributed by atoms with Crippen molar-refractivity contribution in [2.45, 2.75) is 45.4 Å². The summed E-state index contributed by atoms with van der Waals surface area (Å²) in [6.45, 7) is 4.20. The van der Waals surface area contributed by atoms with Gasteiger partial charge < -0.3 is 5.32 Å². The molecule has 1 amide bonds. The Morgan fingerprint density at radius 3 is 2.85 bits per heavy atom. The molecule has 0 spiro atoms. The van der Waals surface area contributed by atoms with Crippen LogP contribution in [-0.2, 0) is 4.79 Å². The monoisotopic (exact) mass is 366 g/mol. The minimum atomic E-state index is -0.399. The maximum absolute atomic E-state index is 14.4. The summed E-state index contributed by atoms with van der Waals surface area (Å²) in [5, 5.41) is 8.12. The van der Waals surface area contributed by atoms with Crippen LogP contribution in [0, 0.1) is 11.7 Å². The third kappa shape index (κ3) is 3.70. The van der Waals surface area contributed by atoms with Gasteiger partial charge in [-0.1, -0.05) is 20.3 Å². The largest absolute Gasteiger partial charge is 0.326 e. The predicted octanol–water partition coefficient (Wildman–Crippen LogP) is 4.81. The Balaban J connectivity index is 1.60. The number of aromatic nitrogens is 3. The van der Waals surface area contributed by atoms with Crippen molar-refractivity contribution < 1.29 is 9.18 Å². The van der Waals surface area contributed by atoms with Crippen LogP contribution in [0.1, 0.15) is 51.0 Å². The SMILES string of the molecule is CC(C)c1cnc2nn(-c3cc(NC(=O)CC4CCC4)ccc3F)cc2c1. The number of carbonyl (C=O) groups excluding carboxylic acids is 1. The fourth-order valence-electron chi connectivity index (χ4n) is 3.31. The number of pyridine rings is 1. The highest BCUT2D eigenvalue weighted by Crippen LogP contribution is 2.30. The van der Waals surface area contributed by atoms with E-state index in [4.69, 9.17) is 0 Å². The molecule has 0 atom stereocenters. The number of nitrogens with zero attached hydrogens (tertiary/aromatic N) is 3. The van der Waals surface area contributed by atoms with E-state index in [1.54, 1.807) is 24.5 Å². The summed E-state index contributed by atoms with van der Waals surface area (Å²) in [6.07, 6.45) is 7.55. The van der Waals surface area contributed by atoms with Gasteiger partial charge in [0, 0.05) is 29.9 Å². The highest BCUT2D eigenvalue weighted by atomic mass is 19.1. The minimum Gasteiger partial charge on any atom is -0.326 e. The number of amides is 1. The van der Waals surface area contributed by atoms with E-state index in [9.17, 15) is 9.18 Å². The molecule has 2 heterocycles. The molecule has 0 radical (unpaired) electrons. The molecule has 1 fully saturated rings. The molecule has 1 saturated carbocycles. The average Bonchev–Trinajstić information content (AvgIpc) is 3.02. The zero-order chi connectivity index (χ0) is 19.0. The molecule has 0 bridgehead atoms. The topological polar surface area (TPSA) is 59.8 Å². The molecule has 0 saturated heterocycles. The minimum absolute atomic E-state index is 0.0221. The van der Waals surface area contributed by atoms with Crippen molar-refractivity contribution in [3.8, 4) is 5.69 Å². The van der Waals surface area contributed by atoms with Gasteiger partial charge in [0.15, 0.2) is 5.65 Å². The summed E-state index contributed by atoms with van der Waals surface area (Å²) in [5.74, 6) is 0.425. The second kappa shape index (κ2) is 7.10. The van der Waals surface area contributed by atoms with Crippen LogP contribution in [0.5, 0.6) is 0 Å². The van der Waals surface area contributed by atoms with E-state index >= 15 is 0 Å². The van der Waals surface area contributed by atoms with Gasteiger partial charge in [0.1, 0.15) is 11.5 Å². The van der Waals surface area contributed by atoms with Gasteiger partial charge in [0.2, 0.25) is 5.91 Å². The summed E-state index contributed by atoms with van der Waals surface area (Å²) in [7, 11) is 0. The standard InChI is InChI=1S/C21H23FN4O/c1-13(2)15-9-16-12-26(25-21(16)23-11-15)19-10-17(6-7-18(19)22)24-20(27)8-14-4-3-5-14/h6-7,9-14H,3-5,8H2,1-2H3,(H,24,27). The molecule has 0 aliphatic heterocycles. The zero-order valence-electron chi connectivity index (χ0n) is 15.6. The second-order valence-corrected chi connectivity index (χ2v) is 7.63. The lowest BCUT2D eigenvalue weighted by Crippen LogP contribution is -2.21. The number of hydrogen-bond donors (Lipinski definition) is 1. The van der Waals surface area contributed by atoms with E-state index in [0.29, 0.717) is 35.3 Å². The van der Waals surface area contributed by atoms with Crippen LogP contribution in [0.4, 0.5) is 10.1 Å².